The van der Waals surface area contributed by atoms with Crippen LogP contribution in [0.25, 0.3) is 0 Å². The quantitative estimate of drug-likeness (QED) is 0.547. The van der Waals surface area contributed by atoms with Gasteiger partial charge in [0.1, 0.15) is 0 Å². The Morgan fingerprint density at radius 1 is 1.75 bits per heavy atom. The van der Waals surface area contributed by atoms with Crippen LogP contribution in [0.3, 0.4) is 0 Å². The fourth-order valence-electron chi connectivity index (χ4n) is 0.693. The Morgan fingerprint density at radius 2 is 2.50 bits per heavy atom. The molecule has 0 saturated heterocycles. The summed E-state index contributed by atoms with van der Waals surface area (Å²) in [5.41, 5.74) is 1.36. The second-order valence-corrected chi connectivity index (χ2v) is 1.66. The summed E-state index contributed by atoms with van der Waals surface area (Å²) < 4.78 is 0. The van der Waals surface area contributed by atoms with E-state index in [1.807, 2.05) is 0 Å². The van der Waals surface area contributed by atoms with Crippen molar-refractivity contribution in [2.24, 2.45) is 0 Å². The zero-order valence-corrected chi connectivity index (χ0v) is 7.53. The minimum Gasteiger partial charge on any atom is -0.270 e. The minimum absolute atomic E-state index is 0. The zero-order valence-electron chi connectivity index (χ0n) is 5.07. The topological polar surface area (TPSA) is 0 Å². The zero-order chi connectivity index (χ0) is 5.11. The summed E-state index contributed by atoms with van der Waals surface area (Å²) in [6, 6.07) is 0. The fraction of sp³-hybridized carbons (Fsp3) is 0.429. The van der Waals surface area contributed by atoms with Crippen LogP contribution in [0, 0.1) is 6.08 Å². The van der Waals surface area contributed by atoms with Crippen LogP contribution >= 0.6 is 0 Å². The van der Waals surface area contributed by atoms with Crippen molar-refractivity contribution >= 4 is 0 Å². The molecule has 0 amide bonds. The second kappa shape index (κ2) is 4.26. The van der Waals surface area contributed by atoms with Crippen molar-refractivity contribution in [3.8, 4) is 0 Å². The van der Waals surface area contributed by atoms with Crippen LogP contribution in [0.1, 0.15) is 19.8 Å². The van der Waals surface area contributed by atoms with Crippen LogP contribution in [0.2, 0.25) is 0 Å². The molecule has 42 valence electrons. The molecule has 0 spiro atoms. The SMILES string of the molecule is CCC1=[C-]CC=C1.[Zr]. The van der Waals surface area contributed by atoms with Gasteiger partial charge in [-0.25, -0.2) is 11.6 Å². The van der Waals surface area contributed by atoms with Gasteiger partial charge in [-0.1, -0.05) is 13.3 Å². The van der Waals surface area contributed by atoms with Crippen LogP contribution in [0.15, 0.2) is 17.7 Å². The fourth-order valence-corrected chi connectivity index (χ4v) is 0.693. The Bertz CT molecular complexity index is 112. The van der Waals surface area contributed by atoms with Gasteiger partial charge in [0.2, 0.25) is 0 Å². The standard InChI is InChI=1S/C7H9.Zr/c1-2-7-5-3-4-6-7;/h3,5H,2,4H2,1H3;/q-1;. The van der Waals surface area contributed by atoms with E-state index in [-0.39, 0.29) is 26.2 Å². The maximum absolute atomic E-state index is 3.21. The Kier molecular flexibility index (Phi) is 4.46. The number of rotatable bonds is 1. The van der Waals surface area contributed by atoms with Crippen molar-refractivity contribution in [1.82, 2.24) is 0 Å². The number of hydrogen-bond donors (Lipinski definition) is 0. The Balaban J connectivity index is 0.000000490. The predicted octanol–water partition coefficient (Wildman–Crippen LogP) is 2.08. The molecule has 0 aromatic heterocycles. The van der Waals surface area contributed by atoms with E-state index in [0.717, 1.165) is 12.8 Å². The van der Waals surface area contributed by atoms with Crippen molar-refractivity contribution in [1.29, 1.82) is 0 Å². The average molecular weight is 184 g/mol. The first kappa shape index (κ1) is 8.36. The van der Waals surface area contributed by atoms with Crippen molar-refractivity contribution in [2.45, 2.75) is 19.8 Å². The minimum atomic E-state index is 0. The summed E-state index contributed by atoms with van der Waals surface area (Å²) in [5, 5.41) is 0. The molecule has 0 fully saturated rings. The van der Waals surface area contributed by atoms with Crippen LogP contribution in [0.5, 0.6) is 0 Å². The molecule has 0 nitrogen and oxygen atoms in total. The summed E-state index contributed by atoms with van der Waals surface area (Å²) in [7, 11) is 0. The van der Waals surface area contributed by atoms with E-state index < -0.39 is 0 Å². The van der Waals surface area contributed by atoms with E-state index in [0.29, 0.717) is 0 Å². The molecular weight excluding hydrogens is 175 g/mol. The Morgan fingerprint density at radius 3 is 2.75 bits per heavy atom. The summed E-state index contributed by atoms with van der Waals surface area (Å²) in [6.07, 6.45) is 9.65. The van der Waals surface area contributed by atoms with Gasteiger partial charge in [-0.15, -0.1) is 6.42 Å². The summed E-state index contributed by atoms with van der Waals surface area (Å²) in [6.45, 7) is 2.15. The van der Waals surface area contributed by atoms with Crippen LogP contribution in [-0.4, -0.2) is 0 Å². The second-order valence-electron chi connectivity index (χ2n) is 1.66. The van der Waals surface area contributed by atoms with E-state index in [1.54, 1.807) is 0 Å². The maximum Gasteiger partial charge on any atom is 0 e. The van der Waals surface area contributed by atoms with Gasteiger partial charge in [0.05, 0.1) is 0 Å². The summed E-state index contributed by atoms with van der Waals surface area (Å²) >= 11 is 0. The Labute approximate surface area is 69.8 Å². The third-order valence-corrected chi connectivity index (χ3v) is 1.15. The average Bonchev–Trinajstić information content (AvgIpc) is 2.14. The van der Waals surface area contributed by atoms with E-state index in [9.17, 15) is 0 Å². The van der Waals surface area contributed by atoms with E-state index >= 15 is 0 Å². The van der Waals surface area contributed by atoms with Gasteiger partial charge in [-0.3, -0.25) is 6.08 Å². The molecule has 0 atom stereocenters. The van der Waals surface area contributed by atoms with Gasteiger partial charge in [-0.05, 0) is 0 Å². The van der Waals surface area contributed by atoms with Gasteiger partial charge in [-0.2, -0.15) is 6.08 Å². The van der Waals surface area contributed by atoms with Gasteiger partial charge >= 0.3 is 0 Å². The van der Waals surface area contributed by atoms with Crippen molar-refractivity contribution < 1.29 is 26.2 Å². The van der Waals surface area contributed by atoms with Crippen LogP contribution < -0.4 is 0 Å². The molecule has 0 aromatic rings. The molecule has 0 N–H and O–H groups in total. The van der Waals surface area contributed by atoms with Crippen molar-refractivity contribution in [3.05, 3.63) is 23.8 Å². The first-order chi connectivity index (χ1) is 3.43. The predicted molar refractivity (Wildman–Crippen MR) is 30.8 cm³/mol. The molecule has 0 aromatic carbocycles. The molecule has 0 bridgehead atoms. The van der Waals surface area contributed by atoms with Gasteiger partial charge in [0.15, 0.2) is 0 Å². The molecule has 0 heterocycles. The summed E-state index contributed by atoms with van der Waals surface area (Å²) in [4.78, 5) is 0. The van der Waals surface area contributed by atoms with E-state index in [1.165, 1.54) is 5.57 Å². The third-order valence-electron chi connectivity index (χ3n) is 1.15. The largest absolute Gasteiger partial charge is 0.270 e. The molecule has 1 heteroatoms. The van der Waals surface area contributed by atoms with Crippen LogP contribution in [0.4, 0.5) is 0 Å². The molecule has 0 saturated carbocycles. The third kappa shape index (κ3) is 2.09. The van der Waals surface area contributed by atoms with Crippen LogP contribution in [-0.2, 0) is 26.2 Å². The first-order valence-electron chi connectivity index (χ1n) is 2.69. The summed E-state index contributed by atoms with van der Waals surface area (Å²) in [5.74, 6) is 0. The first-order valence-corrected chi connectivity index (χ1v) is 2.69. The number of allylic oxidation sites excluding steroid dienone is 4. The molecule has 0 radical (unpaired) electrons. The molecule has 8 heavy (non-hydrogen) atoms. The monoisotopic (exact) mass is 183 g/mol. The van der Waals surface area contributed by atoms with E-state index in [4.69, 9.17) is 0 Å². The Hall–Kier alpha value is 0.363. The molecule has 1 rings (SSSR count). The smallest absolute Gasteiger partial charge is 0 e. The number of hydrogen-bond acceptors (Lipinski definition) is 0. The van der Waals surface area contributed by atoms with Crippen molar-refractivity contribution in [3.63, 3.8) is 0 Å². The van der Waals surface area contributed by atoms with E-state index in [2.05, 4.69) is 25.2 Å². The molecule has 1 aliphatic carbocycles. The molecule has 0 unspecified atom stereocenters. The van der Waals surface area contributed by atoms with Gasteiger partial charge < -0.3 is 0 Å². The molecular formula is C7H9Zr-. The van der Waals surface area contributed by atoms with Gasteiger partial charge in [0.25, 0.3) is 0 Å². The molecule has 0 aliphatic heterocycles. The van der Waals surface area contributed by atoms with Crippen molar-refractivity contribution in [2.75, 3.05) is 0 Å². The normalized spacial score (nSPS) is 15.4. The molecule has 1 aliphatic rings. The van der Waals surface area contributed by atoms with Gasteiger partial charge in [0, 0.05) is 26.2 Å². The maximum atomic E-state index is 3.21.